The van der Waals surface area contributed by atoms with Gasteiger partial charge in [-0.3, -0.25) is 9.59 Å². The molecule has 3 N–H and O–H groups in total. The molecule has 2 atom stereocenters. The van der Waals surface area contributed by atoms with E-state index in [0.29, 0.717) is 25.9 Å². The first-order valence-electron chi connectivity index (χ1n) is 31.4. The minimum Gasteiger partial charge on any atom is -0.466 e. The van der Waals surface area contributed by atoms with Gasteiger partial charge in [0, 0.05) is 12.8 Å². The summed E-state index contributed by atoms with van der Waals surface area (Å²) in [6, 6.07) is -0.548. The van der Waals surface area contributed by atoms with Gasteiger partial charge in [0.05, 0.1) is 25.4 Å². The van der Waals surface area contributed by atoms with E-state index < -0.39 is 12.1 Å². The lowest BCUT2D eigenvalue weighted by molar-refractivity contribution is -0.143. The number of ether oxygens (including phenoxy) is 1. The molecule has 0 aliphatic rings. The van der Waals surface area contributed by atoms with Crippen LogP contribution in [0.5, 0.6) is 0 Å². The highest BCUT2D eigenvalue weighted by molar-refractivity contribution is 5.76. The molecule has 0 aromatic carbocycles. The molecule has 0 bridgehead atoms. The Kier molecular flexibility index (Phi) is 58.0. The van der Waals surface area contributed by atoms with Gasteiger partial charge in [0.15, 0.2) is 0 Å². The number of unbranched alkanes of at least 4 members (excludes halogenated alkanes) is 46. The molecule has 410 valence electrons. The molecule has 0 saturated heterocycles. The molecule has 0 radical (unpaired) electrons. The summed E-state index contributed by atoms with van der Waals surface area (Å²) in [4.78, 5) is 24.6. The van der Waals surface area contributed by atoms with E-state index in [-0.39, 0.29) is 18.5 Å². The van der Waals surface area contributed by atoms with Gasteiger partial charge in [-0.1, -0.05) is 302 Å². The lowest BCUT2D eigenvalue weighted by Crippen LogP contribution is -2.45. The standard InChI is InChI=1S/C63H123NO5/c1-3-5-7-9-11-13-15-17-19-20-25-29-33-37-41-45-49-53-57-63(68)69-58-54-50-46-42-38-34-30-26-23-21-22-24-28-32-36-40-44-48-52-56-62(67)64-60(59-65)61(66)55-51-47-43-39-35-31-27-18-16-14-12-10-8-6-4-2/h21-22,60-61,65-66H,3-20,23-59H2,1-2H3,(H,64,67)/b22-21-. The fourth-order valence-corrected chi connectivity index (χ4v) is 9.99. The van der Waals surface area contributed by atoms with Gasteiger partial charge in [0.1, 0.15) is 0 Å². The Morgan fingerprint density at radius 3 is 1.03 bits per heavy atom. The first-order valence-corrected chi connectivity index (χ1v) is 31.4. The molecular formula is C63H123NO5. The van der Waals surface area contributed by atoms with Crippen LogP contribution in [0.25, 0.3) is 0 Å². The van der Waals surface area contributed by atoms with Crippen molar-refractivity contribution in [3.63, 3.8) is 0 Å². The Hall–Kier alpha value is -1.40. The second kappa shape index (κ2) is 59.2. The average Bonchev–Trinajstić information content (AvgIpc) is 3.35. The van der Waals surface area contributed by atoms with Crippen LogP contribution >= 0.6 is 0 Å². The number of hydrogen-bond donors (Lipinski definition) is 3. The van der Waals surface area contributed by atoms with Crippen LogP contribution in [0.15, 0.2) is 12.2 Å². The van der Waals surface area contributed by atoms with E-state index in [2.05, 4.69) is 31.3 Å². The van der Waals surface area contributed by atoms with E-state index in [1.54, 1.807) is 0 Å². The number of esters is 1. The van der Waals surface area contributed by atoms with Crippen LogP contribution in [0.4, 0.5) is 0 Å². The molecule has 6 nitrogen and oxygen atoms in total. The summed E-state index contributed by atoms with van der Waals surface area (Å²) in [5.74, 6) is -0.0330. The van der Waals surface area contributed by atoms with E-state index >= 15 is 0 Å². The summed E-state index contributed by atoms with van der Waals surface area (Å²) in [6.07, 6.45) is 70.8. The van der Waals surface area contributed by atoms with E-state index in [1.807, 2.05) is 0 Å². The zero-order chi connectivity index (χ0) is 50.0. The molecule has 6 heteroatoms. The zero-order valence-electron chi connectivity index (χ0n) is 46.8. The van der Waals surface area contributed by atoms with Crippen LogP contribution in [0, 0.1) is 0 Å². The van der Waals surface area contributed by atoms with Crippen LogP contribution in [0.3, 0.4) is 0 Å². The highest BCUT2D eigenvalue weighted by atomic mass is 16.5. The number of carbonyl (C=O) groups is 2. The number of allylic oxidation sites excluding steroid dienone is 2. The summed E-state index contributed by atoms with van der Waals surface area (Å²) in [5, 5.41) is 23.3. The van der Waals surface area contributed by atoms with Crippen LogP contribution in [0.1, 0.15) is 354 Å². The van der Waals surface area contributed by atoms with Crippen molar-refractivity contribution in [1.29, 1.82) is 0 Å². The first kappa shape index (κ1) is 67.6. The second-order valence-corrected chi connectivity index (χ2v) is 21.7. The number of carbonyl (C=O) groups excluding carboxylic acids is 2. The smallest absolute Gasteiger partial charge is 0.305 e. The highest BCUT2D eigenvalue weighted by Crippen LogP contribution is 2.18. The quantitative estimate of drug-likeness (QED) is 0.0321. The maximum Gasteiger partial charge on any atom is 0.305 e. The Morgan fingerprint density at radius 2 is 0.681 bits per heavy atom. The number of hydrogen-bond acceptors (Lipinski definition) is 5. The van der Waals surface area contributed by atoms with Crippen molar-refractivity contribution in [2.45, 2.75) is 366 Å². The fraction of sp³-hybridized carbons (Fsp3) is 0.937. The van der Waals surface area contributed by atoms with Crippen molar-refractivity contribution >= 4 is 11.9 Å². The maximum atomic E-state index is 12.5. The molecule has 0 aliphatic heterocycles. The van der Waals surface area contributed by atoms with Crippen molar-refractivity contribution in [2.75, 3.05) is 13.2 Å². The monoisotopic (exact) mass is 974 g/mol. The van der Waals surface area contributed by atoms with Crippen molar-refractivity contribution in [2.24, 2.45) is 0 Å². The van der Waals surface area contributed by atoms with E-state index in [1.165, 1.54) is 283 Å². The summed E-state index contributed by atoms with van der Waals surface area (Å²) >= 11 is 0. The van der Waals surface area contributed by atoms with Gasteiger partial charge in [0.25, 0.3) is 0 Å². The SMILES string of the molecule is CCCCCCCCCCCCCCCCCCCCC(=O)OCCCCCCCCCC/C=C\CCCCCCCCCC(=O)NC(CO)C(O)CCCCCCCCCCCCCCCCC. The van der Waals surface area contributed by atoms with E-state index in [9.17, 15) is 19.8 Å². The largest absolute Gasteiger partial charge is 0.466 e. The lowest BCUT2D eigenvalue weighted by Gasteiger charge is -2.22. The van der Waals surface area contributed by atoms with Crippen molar-refractivity contribution < 1.29 is 24.5 Å². The van der Waals surface area contributed by atoms with Crippen molar-refractivity contribution in [3.8, 4) is 0 Å². The molecule has 0 heterocycles. The Bertz CT molecular complexity index is 1030. The van der Waals surface area contributed by atoms with Gasteiger partial charge in [-0.05, 0) is 51.4 Å². The summed E-state index contributed by atoms with van der Waals surface area (Å²) in [5.41, 5.74) is 0. The van der Waals surface area contributed by atoms with Crippen molar-refractivity contribution in [3.05, 3.63) is 12.2 Å². The fourth-order valence-electron chi connectivity index (χ4n) is 9.99. The van der Waals surface area contributed by atoms with Gasteiger partial charge in [-0.25, -0.2) is 0 Å². The van der Waals surface area contributed by atoms with Gasteiger partial charge in [0.2, 0.25) is 5.91 Å². The highest BCUT2D eigenvalue weighted by Gasteiger charge is 2.20. The first-order chi connectivity index (χ1) is 34.0. The molecule has 1 amide bonds. The van der Waals surface area contributed by atoms with E-state index in [4.69, 9.17) is 4.74 Å². The molecule has 0 spiro atoms. The number of aliphatic hydroxyl groups is 2. The van der Waals surface area contributed by atoms with E-state index in [0.717, 1.165) is 38.5 Å². The topological polar surface area (TPSA) is 95.9 Å². The predicted molar refractivity (Wildman–Crippen MR) is 301 cm³/mol. The molecule has 69 heavy (non-hydrogen) atoms. The zero-order valence-corrected chi connectivity index (χ0v) is 46.8. The maximum absolute atomic E-state index is 12.5. The van der Waals surface area contributed by atoms with Gasteiger partial charge in [-0.2, -0.15) is 0 Å². The Balaban J connectivity index is 3.40. The third-order valence-electron chi connectivity index (χ3n) is 14.8. The predicted octanol–water partition coefficient (Wildman–Crippen LogP) is 19.6. The number of rotatable bonds is 59. The van der Waals surface area contributed by atoms with Crippen LogP contribution < -0.4 is 5.32 Å². The molecule has 0 fully saturated rings. The van der Waals surface area contributed by atoms with Crippen molar-refractivity contribution in [1.82, 2.24) is 5.32 Å². The Labute approximate surface area is 431 Å². The molecule has 0 rings (SSSR count). The van der Waals surface area contributed by atoms with Crippen LogP contribution in [-0.4, -0.2) is 47.4 Å². The number of amides is 1. The third kappa shape index (κ3) is 55.8. The minimum atomic E-state index is -0.669. The summed E-state index contributed by atoms with van der Waals surface area (Å²) in [7, 11) is 0. The number of nitrogens with one attached hydrogen (secondary N) is 1. The van der Waals surface area contributed by atoms with Crippen LogP contribution in [-0.2, 0) is 14.3 Å². The van der Waals surface area contributed by atoms with Crippen LogP contribution in [0.2, 0.25) is 0 Å². The molecule has 0 aromatic heterocycles. The van der Waals surface area contributed by atoms with Gasteiger partial charge >= 0.3 is 5.97 Å². The second-order valence-electron chi connectivity index (χ2n) is 21.7. The molecule has 0 aromatic rings. The molecule has 0 aliphatic carbocycles. The average molecular weight is 975 g/mol. The minimum absolute atomic E-state index is 0.00914. The third-order valence-corrected chi connectivity index (χ3v) is 14.8. The Morgan fingerprint density at radius 1 is 0.391 bits per heavy atom. The normalized spacial score (nSPS) is 12.6. The molecule has 0 saturated carbocycles. The molecular weight excluding hydrogens is 851 g/mol. The summed E-state index contributed by atoms with van der Waals surface area (Å²) in [6.45, 7) is 4.97. The number of aliphatic hydroxyl groups excluding tert-OH is 2. The molecule has 2 unspecified atom stereocenters. The lowest BCUT2D eigenvalue weighted by atomic mass is 10.0. The summed E-state index contributed by atoms with van der Waals surface area (Å²) < 4.78 is 5.50. The van der Waals surface area contributed by atoms with Gasteiger partial charge in [-0.15, -0.1) is 0 Å². The van der Waals surface area contributed by atoms with Gasteiger partial charge < -0.3 is 20.3 Å².